The van der Waals surface area contributed by atoms with Gasteiger partial charge in [-0.15, -0.1) is 0 Å². The van der Waals surface area contributed by atoms with Gasteiger partial charge in [-0.2, -0.15) is 8.42 Å². The van der Waals surface area contributed by atoms with Crippen LogP contribution in [0.1, 0.15) is 84.3 Å². The second-order valence-electron chi connectivity index (χ2n) is 16.6. The van der Waals surface area contributed by atoms with Crippen LogP contribution in [0.25, 0.3) is 0 Å². The molecule has 1 unspecified atom stereocenters. The highest BCUT2D eigenvalue weighted by Crippen LogP contribution is 2.53. The Morgan fingerprint density at radius 1 is 0.776 bits per heavy atom. The maximum atomic E-state index is 12.5. The Bertz CT molecular complexity index is 2240. The fraction of sp³-hybridized carbons (Fsp3) is 0.383. The van der Waals surface area contributed by atoms with Crippen molar-refractivity contribution in [3.63, 3.8) is 0 Å². The van der Waals surface area contributed by atoms with Crippen LogP contribution in [0.3, 0.4) is 0 Å². The Kier molecular flexibility index (Phi) is 12.6. The van der Waals surface area contributed by atoms with Crippen LogP contribution in [0.2, 0.25) is 0 Å². The average molecular weight is 805 g/mol. The molecule has 1 atom stereocenters. The zero-order valence-electron chi connectivity index (χ0n) is 34.3. The second-order valence-corrected chi connectivity index (χ2v) is 18.0. The number of rotatable bonds is 16. The Morgan fingerprint density at radius 2 is 1.50 bits per heavy atom. The molecule has 3 heterocycles. The van der Waals surface area contributed by atoms with Crippen LogP contribution in [0.4, 0.5) is 11.4 Å². The van der Waals surface area contributed by atoms with Gasteiger partial charge in [0.25, 0.3) is 21.9 Å². The zero-order valence-corrected chi connectivity index (χ0v) is 35.1. The molecule has 2 aromatic rings. The summed E-state index contributed by atoms with van der Waals surface area (Å²) in [6.07, 6.45) is 28.2. The number of benzene rings is 2. The summed E-state index contributed by atoms with van der Waals surface area (Å²) >= 11 is 0. The number of nitrogens with zero attached hydrogens (tertiary/aromatic N) is 3. The first kappa shape index (κ1) is 42.3. The molecule has 0 radical (unpaired) electrons. The summed E-state index contributed by atoms with van der Waals surface area (Å²) in [4.78, 5) is 41.8. The van der Waals surface area contributed by atoms with Gasteiger partial charge in [0.1, 0.15) is 0 Å². The molecule has 3 amide bonds. The number of fused-ring (bicyclic) bond motifs is 2. The van der Waals surface area contributed by atoms with Crippen LogP contribution >= 0.6 is 0 Å². The summed E-state index contributed by atoms with van der Waals surface area (Å²) in [5.74, 6) is -0.871. The molecule has 1 aliphatic carbocycles. The minimum atomic E-state index is -4.41. The summed E-state index contributed by atoms with van der Waals surface area (Å²) in [5, 5.41) is 2.80. The van der Waals surface area contributed by atoms with Gasteiger partial charge in [0, 0.05) is 72.7 Å². The van der Waals surface area contributed by atoms with Crippen LogP contribution in [0.15, 0.2) is 132 Å². The van der Waals surface area contributed by atoms with E-state index in [4.69, 9.17) is 0 Å². The van der Waals surface area contributed by atoms with Gasteiger partial charge in [-0.25, -0.2) is 0 Å². The van der Waals surface area contributed by atoms with Crippen molar-refractivity contribution in [2.75, 3.05) is 36.0 Å². The van der Waals surface area contributed by atoms with E-state index in [1.807, 2.05) is 18.2 Å². The molecule has 58 heavy (non-hydrogen) atoms. The van der Waals surface area contributed by atoms with Gasteiger partial charge >= 0.3 is 0 Å². The molecule has 10 nitrogen and oxygen atoms in total. The number of allylic oxidation sites excluding steroid dienone is 11. The molecule has 0 saturated carbocycles. The molecule has 0 bridgehead atoms. The molecule has 11 heteroatoms. The van der Waals surface area contributed by atoms with Crippen molar-refractivity contribution in [1.29, 1.82) is 0 Å². The van der Waals surface area contributed by atoms with E-state index in [1.54, 1.807) is 12.1 Å². The van der Waals surface area contributed by atoms with E-state index in [0.717, 1.165) is 54.1 Å². The molecule has 6 rings (SSSR count). The summed E-state index contributed by atoms with van der Waals surface area (Å²) in [6.45, 7) is 13.0. The lowest BCUT2D eigenvalue weighted by molar-refractivity contribution is -0.137. The number of carbonyl (C=O) groups is 3. The first-order valence-corrected chi connectivity index (χ1v) is 21.7. The van der Waals surface area contributed by atoms with Crippen LogP contribution < -0.4 is 15.1 Å². The number of nitrogens with one attached hydrogen (secondary N) is 1. The Balaban J connectivity index is 1.19. The molecule has 2 aromatic carbocycles. The van der Waals surface area contributed by atoms with E-state index in [9.17, 15) is 27.4 Å². The van der Waals surface area contributed by atoms with Crippen molar-refractivity contribution in [3.8, 4) is 0 Å². The smallest absolute Gasteiger partial charge is 0.294 e. The molecule has 3 aliphatic heterocycles. The lowest BCUT2D eigenvalue weighted by atomic mass is 9.71. The molecule has 0 fully saturated rings. The van der Waals surface area contributed by atoms with Crippen LogP contribution in [0.5, 0.6) is 0 Å². The van der Waals surface area contributed by atoms with Crippen LogP contribution in [0, 0.1) is 0 Å². The first-order chi connectivity index (χ1) is 27.6. The highest BCUT2D eigenvalue weighted by atomic mass is 32.2. The van der Waals surface area contributed by atoms with E-state index in [0.29, 0.717) is 19.4 Å². The average Bonchev–Trinajstić information content (AvgIpc) is 3.65. The topological polar surface area (TPSA) is 127 Å². The van der Waals surface area contributed by atoms with Gasteiger partial charge in [0.15, 0.2) is 0 Å². The highest BCUT2D eigenvalue weighted by molar-refractivity contribution is 7.85. The molecule has 0 saturated heterocycles. The SMILES string of the molecule is CC1(C)/C(=C\C=C\C2(C)N(CCCC3=C/C=C\C=C/C=C\3)c3ccccc3C2(C)C)N(CCCCCC(=O)NCCN2C(=O)C=CC2=O)c2ccc(S(=O)(=O)O)cc21. The zero-order chi connectivity index (χ0) is 41.7. The van der Waals surface area contributed by atoms with E-state index >= 15 is 0 Å². The standard InChI is InChI=1S/C47H56N4O6S/c1-45(2)38-34-36(58(55,56)57)25-26-39(38)49(31-15-9-12-24-42(52)48-30-33-50-43(53)27-28-44(50)54)41(45)23-16-29-47(5)46(3,4)37-21-13-14-22-40(37)51(47)32-17-20-35-18-10-7-6-8-11-19-35/h6-8,10-11,13-14,16,18-19,21-23,25-29,34H,9,12,15,17,20,24,30-33H2,1-5H3,(H,48,52)(H,55,56,57)/b7-6-,8-6?,10-7?,11-8-,18-10-,19-11?,29-16+,35-18?,35-19+,41-23+. The third-order valence-corrected chi connectivity index (χ3v) is 13.1. The Hall–Kier alpha value is -5.26. The molecule has 306 valence electrons. The fourth-order valence-electron chi connectivity index (χ4n) is 8.62. The van der Waals surface area contributed by atoms with Crippen molar-refractivity contribution < 1.29 is 27.4 Å². The number of amides is 3. The van der Waals surface area contributed by atoms with Gasteiger partial charge in [-0.05, 0) is 79.6 Å². The third kappa shape index (κ3) is 8.76. The number of imide groups is 1. The quantitative estimate of drug-likeness (QED) is 0.0993. The Morgan fingerprint density at radius 3 is 2.26 bits per heavy atom. The fourth-order valence-corrected chi connectivity index (χ4v) is 9.13. The summed E-state index contributed by atoms with van der Waals surface area (Å²) in [5.41, 5.74) is 5.41. The van der Waals surface area contributed by atoms with Gasteiger partial charge in [0.05, 0.1) is 10.4 Å². The van der Waals surface area contributed by atoms with Gasteiger partial charge in [-0.1, -0.05) is 107 Å². The predicted octanol–water partition coefficient (Wildman–Crippen LogP) is 8.02. The lowest BCUT2D eigenvalue weighted by Gasteiger charge is -2.43. The van der Waals surface area contributed by atoms with Crippen molar-refractivity contribution in [2.45, 2.75) is 94.4 Å². The second kappa shape index (κ2) is 17.3. The summed E-state index contributed by atoms with van der Waals surface area (Å²) < 4.78 is 34.4. The van der Waals surface area contributed by atoms with Crippen LogP contribution in [-0.4, -0.2) is 67.3 Å². The number of unbranched alkanes of at least 4 members (excludes halogenated alkanes) is 2. The van der Waals surface area contributed by atoms with E-state index < -0.39 is 15.5 Å². The van der Waals surface area contributed by atoms with E-state index in [1.165, 1.54) is 35.0 Å². The maximum absolute atomic E-state index is 12.5. The monoisotopic (exact) mass is 804 g/mol. The number of anilines is 2. The summed E-state index contributed by atoms with van der Waals surface area (Å²) in [6, 6.07) is 13.5. The highest BCUT2D eigenvalue weighted by Gasteiger charge is 2.52. The van der Waals surface area contributed by atoms with Crippen molar-refractivity contribution in [2.24, 2.45) is 0 Å². The van der Waals surface area contributed by atoms with E-state index in [-0.39, 0.29) is 46.7 Å². The van der Waals surface area contributed by atoms with Crippen LogP contribution in [-0.2, 0) is 35.3 Å². The predicted molar refractivity (Wildman–Crippen MR) is 231 cm³/mol. The van der Waals surface area contributed by atoms with Crippen molar-refractivity contribution in [1.82, 2.24) is 10.2 Å². The molecule has 0 aromatic heterocycles. The first-order valence-electron chi connectivity index (χ1n) is 20.2. The molecular formula is C47H56N4O6S. The Labute approximate surface area is 343 Å². The number of para-hydroxylation sites is 1. The van der Waals surface area contributed by atoms with Gasteiger partial charge < -0.3 is 15.1 Å². The largest absolute Gasteiger partial charge is 0.362 e. The molecule has 0 spiro atoms. The van der Waals surface area contributed by atoms with Gasteiger partial charge in [-0.3, -0.25) is 23.8 Å². The number of hydrogen-bond acceptors (Lipinski definition) is 7. The normalized spacial score (nSPS) is 23.8. The number of carbonyl (C=O) groups excluding carboxylic acids is 3. The molecule has 4 aliphatic rings. The van der Waals surface area contributed by atoms with Crippen molar-refractivity contribution in [3.05, 3.63) is 138 Å². The summed E-state index contributed by atoms with van der Waals surface area (Å²) in [7, 11) is -4.41. The minimum absolute atomic E-state index is 0.133. The van der Waals surface area contributed by atoms with Crippen molar-refractivity contribution >= 4 is 39.2 Å². The molecular weight excluding hydrogens is 749 g/mol. The molecule has 2 N–H and O–H groups in total. The third-order valence-electron chi connectivity index (χ3n) is 12.3. The number of hydrogen-bond donors (Lipinski definition) is 2. The van der Waals surface area contributed by atoms with E-state index in [2.05, 4.69) is 117 Å². The lowest BCUT2D eigenvalue weighted by Crippen LogP contribution is -2.52. The van der Waals surface area contributed by atoms with Gasteiger partial charge in [0.2, 0.25) is 5.91 Å². The maximum Gasteiger partial charge on any atom is 0.294 e. The minimum Gasteiger partial charge on any atom is -0.362 e.